The highest BCUT2D eigenvalue weighted by atomic mass is 35.5. The van der Waals surface area contributed by atoms with Crippen LogP contribution in [-0.2, 0) is 0 Å². The Hall–Kier alpha value is 0.850. The summed E-state index contributed by atoms with van der Waals surface area (Å²) >= 11 is 2.10. The first kappa shape index (κ1) is 14.8. The number of hydrogen-bond donors (Lipinski definition) is 2. The molecule has 0 aromatic rings. The van der Waals surface area contributed by atoms with Crippen molar-refractivity contribution in [3.05, 3.63) is 0 Å². The minimum atomic E-state index is 0. The molecule has 2 heterocycles. The smallest absolute Gasteiger partial charge is 0.00121 e. The summed E-state index contributed by atoms with van der Waals surface area (Å²) in [4.78, 5) is 0. The van der Waals surface area contributed by atoms with Gasteiger partial charge >= 0.3 is 0 Å². The third kappa shape index (κ3) is 2.70. The number of hydrogen-bond acceptors (Lipinski definition) is 3. The van der Waals surface area contributed by atoms with Gasteiger partial charge in [0.25, 0.3) is 0 Å². The van der Waals surface area contributed by atoms with Gasteiger partial charge in [0.15, 0.2) is 0 Å². The van der Waals surface area contributed by atoms with E-state index < -0.39 is 0 Å². The van der Waals surface area contributed by atoms with E-state index in [-0.39, 0.29) is 24.8 Å². The van der Waals surface area contributed by atoms with E-state index in [1.54, 1.807) is 0 Å². The van der Waals surface area contributed by atoms with E-state index in [0.29, 0.717) is 5.41 Å². The summed E-state index contributed by atoms with van der Waals surface area (Å²) in [6.07, 6.45) is 2.76. The number of nitrogens with two attached hydrogens (primary N) is 1. The molecular formula is C9H20Cl2N2S. The van der Waals surface area contributed by atoms with Crippen molar-refractivity contribution in [3.63, 3.8) is 0 Å². The Morgan fingerprint density at radius 3 is 2.50 bits per heavy atom. The summed E-state index contributed by atoms with van der Waals surface area (Å²) in [5.41, 5.74) is 6.38. The first-order valence-corrected chi connectivity index (χ1v) is 6.01. The largest absolute Gasteiger partial charge is 0.330 e. The van der Waals surface area contributed by atoms with Crippen LogP contribution in [0.5, 0.6) is 0 Å². The highest BCUT2D eigenvalue weighted by molar-refractivity contribution is 7.99. The van der Waals surface area contributed by atoms with Crippen LogP contribution in [0.4, 0.5) is 0 Å². The van der Waals surface area contributed by atoms with Gasteiger partial charge in [-0.15, -0.1) is 24.8 Å². The fourth-order valence-corrected chi connectivity index (χ4v) is 3.86. The molecule has 2 nitrogen and oxygen atoms in total. The minimum absolute atomic E-state index is 0. The lowest BCUT2D eigenvalue weighted by Crippen LogP contribution is -2.37. The Morgan fingerprint density at radius 1 is 1.29 bits per heavy atom. The van der Waals surface area contributed by atoms with E-state index in [2.05, 4.69) is 17.1 Å². The highest BCUT2D eigenvalue weighted by Gasteiger charge is 2.42. The van der Waals surface area contributed by atoms with Crippen molar-refractivity contribution in [2.75, 3.05) is 31.1 Å². The molecule has 2 saturated heterocycles. The van der Waals surface area contributed by atoms with E-state index in [1.807, 2.05) is 0 Å². The zero-order chi connectivity index (χ0) is 8.44. The average molecular weight is 259 g/mol. The maximum atomic E-state index is 5.79. The van der Waals surface area contributed by atoms with Gasteiger partial charge in [-0.25, -0.2) is 0 Å². The normalized spacial score (nSPS) is 29.4. The van der Waals surface area contributed by atoms with Crippen LogP contribution in [0.25, 0.3) is 0 Å². The zero-order valence-corrected chi connectivity index (χ0v) is 10.8. The van der Waals surface area contributed by atoms with Crippen molar-refractivity contribution in [1.29, 1.82) is 0 Å². The highest BCUT2D eigenvalue weighted by Crippen LogP contribution is 2.42. The number of nitrogens with one attached hydrogen (secondary N) is 1. The monoisotopic (exact) mass is 258 g/mol. The van der Waals surface area contributed by atoms with Gasteiger partial charge in [0, 0.05) is 6.54 Å². The van der Waals surface area contributed by atoms with E-state index in [1.165, 1.54) is 30.9 Å². The standard InChI is InChI=1S/C9H18N2S.2ClH/c10-5-8-6-11-7-9(8)1-3-12-4-2-9;;/h8,11H,1-7,10H2;2*1H. The number of rotatable bonds is 1. The van der Waals surface area contributed by atoms with Crippen molar-refractivity contribution >= 4 is 36.6 Å². The topological polar surface area (TPSA) is 38.0 Å². The molecule has 14 heavy (non-hydrogen) atoms. The van der Waals surface area contributed by atoms with Crippen LogP contribution < -0.4 is 11.1 Å². The second-order valence-corrected chi connectivity index (χ2v) is 5.26. The second-order valence-electron chi connectivity index (χ2n) is 4.04. The molecule has 0 aromatic carbocycles. The summed E-state index contributed by atoms with van der Waals surface area (Å²) in [6.45, 7) is 3.24. The van der Waals surface area contributed by atoms with Crippen molar-refractivity contribution in [1.82, 2.24) is 5.32 Å². The lowest BCUT2D eigenvalue weighted by molar-refractivity contribution is 0.210. The minimum Gasteiger partial charge on any atom is -0.330 e. The van der Waals surface area contributed by atoms with Crippen molar-refractivity contribution in [3.8, 4) is 0 Å². The Morgan fingerprint density at radius 2 is 1.93 bits per heavy atom. The zero-order valence-electron chi connectivity index (χ0n) is 8.33. The van der Waals surface area contributed by atoms with Crippen LogP contribution >= 0.6 is 36.6 Å². The van der Waals surface area contributed by atoms with Gasteiger partial charge < -0.3 is 11.1 Å². The summed E-state index contributed by atoms with van der Waals surface area (Å²) in [5.74, 6) is 3.44. The summed E-state index contributed by atoms with van der Waals surface area (Å²) in [6, 6.07) is 0. The molecule has 0 aromatic heterocycles. The molecule has 1 spiro atoms. The third-order valence-electron chi connectivity index (χ3n) is 3.51. The molecule has 1 atom stereocenters. The Bertz CT molecular complexity index is 163. The van der Waals surface area contributed by atoms with E-state index in [4.69, 9.17) is 5.73 Å². The average Bonchev–Trinajstić information content (AvgIpc) is 2.49. The van der Waals surface area contributed by atoms with Crippen LogP contribution in [0.2, 0.25) is 0 Å². The molecule has 2 rings (SSSR count). The molecular weight excluding hydrogens is 239 g/mol. The van der Waals surface area contributed by atoms with Crippen LogP contribution in [0, 0.1) is 11.3 Å². The first-order chi connectivity index (χ1) is 5.87. The Kier molecular flexibility index (Phi) is 6.83. The quantitative estimate of drug-likeness (QED) is 0.750. The summed E-state index contributed by atoms with van der Waals surface area (Å²) in [5, 5.41) is 3.49. The lowest BCUT2D eigenvalue weighted by atomic mass is 9.73. The summed E-state index contributed by atoms with van der Waals surface area (Å²) < 4.78 is 0. The molecule has 0 radical (unpaired) electrons. The maximum absolute atomic E-state index is 5.79. The van der Waals surface area contributed by atoms with Gasteiger partial charge in [-0.1, -0.05) is 0 Å². The van der Waals surface area contributed by atoms with Gasteiger partial charge in [-0.2, -0.15) is 11.8 Å². The lowest BCUT2D eigenvalue weighted by Gasteiger charge is -2.37. The van der Waals surface area contributed by atoms with Crippen molar-refractivity contribution in [2.24, 2.45) is 17.1 Å². The molecule has 0 saturated carbocycles. The number of halogens is 2. The van der Waals surface area contributed by atoms with Gasteiger partial charge in [0.05, 0.1) is 0 Å². The fourth-order valence-electron chi connectivity index (χ4n) is 2.55. The van der Waals surface area contributed by atoms with Crippen LogP contribution in [0.1, 0.15) is 12.8 Å². The predicted octanol–water partition coefficient (Wildman–Crippen LogP) is 1.52. The predicted molar refractivity (Wildman–Crippen MR) is 68.9 cm³/mol. The van der Waals surface area contributed by atoms with Crippen molar-refractivity contribution < 1.29 is 0 Å². The molecule has 2 fully saturated rings. The molecule has 0 amide bonds. The van der Waals surface area contributed by atoms with Crippen LogP contribution in [0.3, 0.4) is 0 Å². The van der Waals surface area contributed by atoms with Gasteiger partial charge in [0.1, 0.15) is 0 Å². The van der Waals surface area contributed by atoms with Gasteiger partial charge in [-0.3, -0.25) is 0 Å². The van der Waals surface area contributed by atoms with Crippen LogP contribution in [-0.4, -0.2) is 31.1 Å². The first-order valence-electron chi connectivity index (χ1n) is 4.86. The van der Waals surface area contributed by atoms with Gasteiger partial charge in [0.2, 0.25) is 0 Å². The molecule has 0 bridgehead atoms. The molecule has 5 heteroatoms. The molecule has 0 aliphatic carbocycles. The van der Waals surface area contributed by atoms with E-state index in [0.717, 1.165) is 19.0 Å². The Balaban J connectivity index is 0.000000845. The molecule has 2 aliphatic heterocycles. The van der Waals surface area contributed by atoms with E-state index in [9.17, 15) is 0 Å². The fraction of sp³-hybridized carbons (Fsp3) is 1.00. The van der Waals surface area contributed by atoms with E-state index >= 15 is 0 Å². The van der Waals surface area contributed by atoms with Crippen LogP contribution in [0.15, 0.2) is 0 Å². The maximum Gasteiger partial charge on any atom is 0.00121 e. The Labute approximate surface area is 103 Å². The molecule has 2 aliphatic rings. The summed E-state index contributed by atoms with van der Waals surface area (Å²) in [7, 11) is 0. The molecule has 1 unspecified atom stereocenters. The molecule has 86 valence electrons. The van der Waals surface area contributed by atoms with Gasteiger partial charge in [-0.05, 0) is 48.8 Å². The second kappa shape index (κ2) is 6.44. The third-order valence-corrected chi connectivity index (χ3v) is 4.49. The number of thioether (sulfide) groups is 1. The van der Waals surface area contributed by atoms with Crippen molar-refractivity contribution in [2.45, 2.75) is 12.8 Å². The SMILES string of the molecule is Cl.Cl.NCC1CNCC12CCSCC2. The molecule has 3 N–H and O–H groups in total.